The summed E-state index contributed by atoms with van der Waals surface area (Å²) >= 11 is 7.44. The van der Waals surface area contributed by atoms with Crippen LogP contribution in [0.25, 0.3) is 10.6 Å². The first-order chi connectivity index (χ1) is 11.6. The molecule has 3 aromatic rings. The number of halogens is 1. The van der Waals surface area contributed by atoms with Gasteiger partial charge in [0.1, 0.15) is 11.1 Å². The maximum atomic E-state index is 12.3. The van der Waals surface area contributed by atoms with Crippen molar-refractivity contribution in [1.29, 1.82) is 0 Å². The van der Waals surface area contributed by atoms with Gasteiger partial charge >= 0.3 is 5.97 Å². The quantitative estimate of drug-likeness (QED) is 0.669. The number of alkyl halides is 1. The largest absolute Gasteiger partial charge is 0.477 e. The minimum absolute atomic E-state index is 0.165. The Morgan fingerprint density at radius 1 is 1.21 bits per heavy atom. The van der Waals surface area contributed by atoms with Gasteiger partial charge in [0.2, 0.25) is 11.8 Å². The number of anilines is 1. The Bertz CT molecular complexity index is 862. The van der Waals surface area contributed by atoms with Gasteiger partial charge in [-0.3, -0.25) is 10.1 Å². The molecule has 1 unspecified atom stereocenters. The predicted octanol–water partition coefficient (Wildman–Crippen LogP) is 4.02. The minimum atomic E-state index is -1.25. The molecule has 24 heavy (non-hydrogen) atoms. The Balaban J connectivity index is 1.88. The Morgan fingerprint density at radius 3 is 2.58 bits per heavy atom. The van der Waals surface area contributed by atoms with Crippen LogP contribution in [0.2, 0.25) is 0 Å². The third kappa shape index (κ3) is 3.17. The fourth-order valence-electron chi connectivity index (χ4n) is 2.10. The summed E-state index contributed by atoms with van der Waals surface area (Å²) in [5.74, 6) is -2.09. The predicted molar refractivity (Wildman–Crippen MR) is 90.4 cm³/mol. The average Bonchev–Trinajstić information content (AvgIpc) is 3.23. The molecule has 0 aliphatic heterocycles. The second-order valence-corrected chi connectivity index (χ2v) is 6.16. The van der Waals surface area contributed by atoms with Crippen LogP contribution in [-0.2, 0) is 4.79 Å². The summed E-state index contributed by atoms with van der Waals surface area (Å²) in [4.78, 5) is 24.4. The normalized spacial score (nSPS) is 11.9. The lowest BCUT2D eigenvalue weighted by molar-refractivity contribution is -0.116. The fourth-order valence-corrected chi connectivity index (χ4v) is 3.02. The number of benzene rings is 1. The van der Waals surface area contributed by atoms with E-state index in [2.05, 4.69) is 10.5 Å². The van der Waals surface area contributed by atoms with E-state index >= 15 is 0 Å². The summed E-state index contributed by atoms with van der Waals surface area (Å²) in [6, 6.07) is 12.2. The number of carboxylic acid groups (broad SMARTS) is 1. The molecule has 0 saturated carbocycles. The van der Waals surface area contributed by atoms with Gasteiger partial charge in [-0.15, -0.1) is 22.9 Å². The number of aromatic nitrogens is 1. The number of carboxylic acids is 1. The number of aromatic carboxylic acids is 1. The zero-order valence-electron chi connectivity index (χ0n) is 12.1. The second kappa shape index (κ2) is 6.86. The van der Waals surface area contributed by atoms with Crippen molar-refractivity contribution >= 4 is 40.7 Å². The molecular formula is C16H11ClN2O4S. The number of carbonyl (C=O) groups is 2. The van der Waals surface area contributed by atoms with Gasteiger partial charge in [-0.25, -0.2) is 4.79 Å². The van der Waals surface area contributed by atoms with Crippen molar-refractivity contribution in [1.82, 2.24) is 5.16 Å². The van der Waals surface area contributed by atoms with E-state index in [1.54, 1.807) is 47.8 Å². The van der Waals surface area contributed by atoms with Crippen LogP contribution in [0.15, 0.2) is 52.4 Å². The molecule has 0 radical (unpaired) electrons. The molecule has 1 amide bonds. The van der Waals surface area contributed by atoms with Crippen LogP contribution in [-0.4, -0.2) is 22.1 Å². The molecule has 1 aromatic carbocycles. The van der Waals surface area contributed by atoms with Crippen LogP contribution < -0.4 is 5.32 Å². The van der Waals surface area contributed by atoms with Gasteiger partial charge in [0.05, 0.1) is 4.88 Å². The Morgan fingerprint density at radius 2 is 1.96 bits per heavy atom. The summed E-state index contributed by atoms with van der Waals surface area (Å²) in [6.45, 7) is 0. The molecule has 0 bridgehead atoms. The Labute approximate surface area is 145 Å². The number of rotatable bonds is 5. The van der Waals surface area contributed by atoms with E-state index in [0.29, 0.717) is 10.4 Å². The SMILES string of the molecule is O=C(O)c1c(-c2cccs2)noc1NC(=O)C(Cl)c1ccccc1. The van der Waals surface area contributed by atoms with E-state index < -0.39 is 17.3 Å². The van der Waals surface area contributed by atoms with Crippen LogP contribution >= 0.6 is 22.9 Å². The summed E-state index contributed by atoms with van der Waals surface area (Å²) < 4.78 is 5.02. The van der Waals surface area contributed by atoms with Crippen LogP contribution in [0.5, 0.6) is 0 Å². The van der Waals surface area contributed by atoms with Crippen molar-refractivity contribution in [3.05, 3.63) is 59.0 Å². The summed E-state index contributed by atoms with van der Waals surface area (Å²) in [5.41, 5.74) is 0.549. The van der Waals surface area contributed by atoms with Gasteiger partial charge in [0.25, 0.3) is 0 Å². The first-order valence-corrected chi connectivity index (χ1v) is 8.16. The van der Waals surface area contributed by atoms with Gasteiger partial charge in [-0.05, 0) is 17.0 Å². The number of hydrogen-bond donors (Lipinski definition) is 2. The zero-order valence-corrected chi connectivity index (χ0v) is 13.7. The number of carbonyl (C=O) groups excluding carboxylic acids is 1. The number of thiophene rings is 1. The molecule has 2 heterocycles. The smallest absolute Gasteiger partial charge is 0.343 e. The number of hydrogen-bond acceptors (Lipinski definition) is 5. The summed E-state index contributed by atoms with van der Waals surface area (Å²) in [5, 5.41) is 16.4. The van der Waals surface area contributed by atoms with Crippen molar-refractivity contribution in [2.45, 2.75) is 5.38 Å². The van der Waals surface area contributed by atoms with Gasteiger partial charge in [-0.1, -0.05) is 41.6 Å². The molecule has 6 nitrogen and oxygen atoms in total. The number of amides is 1. The minimum Gasteiger partial charge on any atom is -0.477 e. The maximum absolute atomic E-state index is 12.3. The van der Waals surface area contributed by atoms with E-state index in [1.165, 1.54) is 11.3 Å². The zero-order chi connectivity index (χ0) is 17.1. The standard InChI is InChI=1S/C16H11ClN2O4S/c17-12(9-5-2-1-3-6-9)14(20)18-15-11(16(21)22)13(19-23-15)10-7-4-8-24-10/h1-8,12H,(H,18,20)(H,21,22). The molecule has 8 heteroatoms. The highest BCUT2D eigenvalue weighted by Gasteiger charge is 2.27. The summed E-state index contributed by atoms with van der Waals surface area (Å²) in [6.07, 6.45) is 0. The fraction of sp³-hybridized carbons (Fsp3) is 0.0625. The third-order valence-corrected chi connectivity index (χ3v) is 4.55. The van der Waals surface area contributed by atoms with E-state index in [0.717, 1.165) is 0 Å². The lowest BCUT2D eigenvalue weighted by Gasteiger charge is -2.09. The van der Waals surface area contributed by atoms with Crippen LogP contribution in [0, 0.1) is 0 Å². The maximum Gasteiger partial charge on any atom is 0.343 e. The highest BCUT2D eigenvalue weighted by Crippen LogP contribution is 2.32. The van der Waals surface area contributed by atoms with Gasteiger partial charge in [0.15, 0.2) is 5.56 Å². The highest BCUT2D eigenvalue weighted by molar-refractivity contribution is 7.13. The molecule has 2 N–H and O–H groups in total. The van der Waals surface area contributed by atoms with Crippen molar-refractivity contribution in [3.8, 4) is 10.6 Å². The van der Waals surface area contributed by atoms with Crippen molar-refractivity contribution in [2.75, 3.05) is 5.32 Å². The van der Waals surface area contributed by atoms with E-state index in [9.17, 15) is 14.7 Å². The van der Waals surface area contributed by atoms with Gasteiger partial charge < -0.3 is 9.63 Å². The molecule has 0 saturated heterocycles. The van der Waals surface area contributed by atoms with E-state index in [4.69, 9.17) is 16.1 Å². The molecule has 1 atom stereocenters. The third-order valence-electron chi connectivity index (χ3n) is 3.22. The lowest BCUT2D eigenvalue weighted by Crippen LogP contribution is -2.18. The molecule has 3 rings (SSSR count). The van der Waals surface area contributed by atoms with Crippen LogP contribution in [0.1, 0.15) is 21.3 Å². The molecular weight excluding hydrogens is 352 g/mol. The van der Waals surface area contributed by atoms with Crippen LogP contribution in [0.4, 0.5) is 5.88 Å². The molecule has 0 spiro atoms. The Kier molecular flexibility index (Phi) is 4.64. The lowest BCUT2D eigenvalue weighted by atomic mass is 10.1. The Hall–Kier alpha value is -2.64. The van der Waals surface area contributed by atoms with Crippen molar-refractivity contribution in [3.63, 3.8) is 0 Å². The number of nitrogens with one attached hydrogen (secondary N) is 1. The molecule has 0 aliphatic rings. The van der Waals surface area contributed by atoms with Gasteiger partial charge in [0, 0.05) is 0 Å². The second-order valence-electron chi connectivity index (χ2n) is 4.78. The molecule has 0 aliphatic carbocycles. The first kappa shape index (κ1) is 16.2. The van der Waals surface area contributed by atoms with E-state index in [1.807, 2.05) is 0 Å². The monoisotopic (exact) mass is 362 g/mol. The van der Waals surface area contributed by atoms with Gasteiger partial charge in [-0.2, -0.15) is 0 Å². The molecule has 2 aromatic heterocycles. The molecule has 0 fully saturated rings. The van der Waals surface area contributed by atoms with Crippen molar-refractivity contribution < 1.29 is 19.2 Å². The molecule has 122 valence electrons. The number of nitrogens with zero attached hydrogens (tertiary/aromatic N) is 1. The first-order valence-electron chi connectivity index (χ1n) is 6.84. The van der Waals surface area contributed by atoms with Crippen LogP contribution in [0.3, 0.4) is 0 Å². The summed E-state index contributed by atoms with van der Waals surface area (Å²) in [7, 11) is 0. The van der Waals surface area contributed by atoms with E-state index in [-0.39, 0.29) is 17.1 Å². The topological polar surface area (TPSA) is 92.4 Å². The van der Waals surface area contributed by atoms with Crippen molar-refractivity contribution in [2.24, 2.45) is 0 Å². The highest BCUT2D eigenvalue weighted by atomic mass is 35.5. The average molecular weight is 363 g/mol.